The molecule has 2 aromatic carbocycles. The number of aromatic hydroxyl groups is 1. The molecule has 0 unspecified atom stereocenters. The Balaban J connectivity index is 2.54. The number of rotatable bonds is 5. The summed E-state index contributed by atoms with van der Waals surface area (Å²) in [6.07, 6.45) is 0. The van der Waals surface area contributed by atoms with Crippen molar-refractivity contribution < 1.29 is 28.2 Å². The molecule has 0 heterocycles. The van der Waals surface area contributed by atoms with Gasteiger partial charge in [-0.25, -0.2) is 13.2 Å². The predicted molar refractivity (Wildman–Crippen MR) is 90.4 cm³/mol. The minimum absolute atomic E-state index is 0.209. The first-order chi connectivity index (χ1) is 11.6. The molecule has 9 heteroatoms. The van der Waals surface area contributed by atoms with Gasteiger partial charge in [-0.1, -0.05) is 0 Å². The number of aromatic carboxylic acids is 1. The summed E-state index contributed by atoms with van der Waals surface area (Å²) in [6.45, 7) is 1.52. The highest BCUT2D eigenvalue weighted by Gasteiger charge is 2.28. The first kappa shape index (κ1) is 18.3. The van der Waals surface area contributed by atoms with Crippen molar-refractivity contribution in [2.45, 2.75) is 11.8 Å². The van der Waals surface area contributed by atoms with E-state index >= 15 is 0 Å². The summed E-state index contributed by atoms with van der Waals surface area (Å²) in [7, 11) is -2.98. The Morgan fingerprint density at radius 2 is 1.68 bits per heavy atom. The summed E-state index contributed by atoms with van der Waals surface area (Å²) in [5, 5.41) is 19.2. The lowest BCUT2D eigenvalue weighted by Crippen LogP contribution is -2.27. The number of carboxylic acids is 1. The minimum Gasteiger partial charge on any atom is -0.506 e. The molecule has 0 aliphatic carbocycles. The van der Waals surface area contributed by atoms with Crippen LogP contribution in [0.15, 0.2) is 41.3 Å². The van der Waals surface area contributed by atoms with Crippen LogP contribution in [0.4, 0.5) is 5.69 Å². The van der Waals surface area contributed by atoms with Gasteiger partial charge in [0.1, 0.15) is 10.5 Å². The highest BCUT2D eigenvalue weighted by molar-refractivity contribution is 7.93. The Bertz CT molecular complexity index is 951. The third kappa shape index (κ3) is 3.41. The van der Waals surface area contributed by atoms with Gasteiger partial charge in [0.2, 0.25) is 5.91 Å². The quantitative estimate of drug-likeness (QED) is 0.731. The maximum Gasteiger partial charge on any atom is 0.339 e. The maximum atomic E-state index is 12.8. The van der Waals surface area contributed by atoms with Crippen LogP contribution in [0.5, 0.6) is 5.75 Å². The Labute approximate surface area is 144 Å². The van der Waals surface area contributed by atoms with Crippen LogP contribution < -0.4 is 10.0 Å². The number of carboxylic acid groups (broad SMARTS) is 1. The molecular weight excluding hydrogens is 348 g/mol. The SMILES string of the molecule is Cc1cc(C(=O)O)c(O)c(S(=O)(=O)N(C)c2ccc(C(N)=O)cc2)c1. The predicted octanol–water partition coefficient (Wildman–Crippen LogP) is 1.32. The average molecular weight is 364 g/mol. The Hall–Kier alpha value is -3.07. The van der Waals surface area contributed by atoms with Crippen molar-refractivity contribution in [2.24, 2.45) is 5.73 Å². The molecule has 0 aliphatic rings. The zero-order valence-electron chi connectivity index (χ0n) is 13.4. The molecule has 0 saturated carbocycles. The number of sulfonamides is 1. The van der Waals surface area contributed by atoms with Crippen LogP contribution in [0, 0.1) is 6.92 Å². The molecule has 0 fully saturated rings. The minimum atomic E-state index is -4.23. The fraction of sp³-hybridized carbons (Fsp3) is 0.125. The highest BCUT2D eigenvalue weighted by atomic mass is 32.2. The zero-order chi connectivity index (χ0) is 18.9. The monoisotopic (exact) mass is 364 g/mol. The van der Waals surface area contributed by atoms with Crippen LogP contribution >= 0.6 is 0 Å². The summed E-state index contributed by atoms with van der Waals surface area (Å²) >= 11 is 0. The molecule has 0 radical (unpaired) electrons. The van der Waals surface area contributed by atoms with Crippen LogP contribution in [-0.2, 0) is 10.0 Å². The number of nitrogens with two attached hydrogens (primary N) is 1. The number of anilines is 1. The summed E-state index contributed by atoms with van der Waals surface area (Å²) in [5.74, 6) is -2.93. The smallest absolute Gasteiger partial charge is 0.339 e. The lowest BCUT2D eigenvalue weighted by Gasteiger charge is -2.21. The van der Waals surface area contributed by atoms with E-state index in [1.54, 1.807) is 0 Å². The Kier molecular flexibility index (Phi) is 4.71. The van der Waals surface area contributed by atoms with Gasteiger partial charge in [0.15, 0.2) is 5.75 Å². The van der Waals surface area contributed by atoms with E-state index in [-0.39, 0.29) is 11.3 Å². The molecular formula is C16H16N2O6S. The molecule has 0 aromatic heterocycles. The number of carbonyl (C=O) groups excluding carboxylic acids is 1. The third-order valence-electron chi connectivity index (χ3n) is 3.60. The van der Waals surface area contributed by atoms with Crippen LogP contribution in [0.3, 0.4) is 0 Å². The van der Waals surface area contributed by atoms with Gasteiger partial charge in [0.05, 0.1) is 5.69 Å². The summed E-state index contributed by atoms with van der Waals surface area (Å²) in [4.78, 5) is 21.7. The number of carbonyl (C=O) groups is 2. The van der Waals surface area contributed by atoms with E-state index in [2.05, 4.69) is 0 Å². The second-order valence-corrected chi connectivity index (χ2v) is 7.29. The van der Waals surface area contributed by atoms with Crippen LogP contribution in [0.1, 0.15) is 26.3 Å². The number of hydrogen-bond acceptors (Lipinski definition) is 5. The lowest BCUT2D eigenvalue weighted by atomic mass is 10.1. The van der Waals surface area contributed by atoms with Crippen molar-refractivity contribution in [1.29, 1.82) is 0 Å². The van der Waals surface area contributed by atoms with Gasteiger partial charge < -0.3 is 15.9 Å². The molecule has 0 bridgehead atoms. The fourth-order valence-corrected chi connectivity index (χ4v) is 3.61. The number of aryl methyl sites for hydroxylation is 1. The molecule has 4 N–H and O–H groups in total. The molecule has 0 atom stereocenters. The van der Waals surface area contributed by atoms with Gasteiger partial charge in [-0.3, -0.25) is 9.10 Å². The third-order valence-corrected chi connectivity index (χ3v) is 5.40. The van der Waals surface area contributed by atoms with Crippen molar-refractivity contribution in [3.05, 3.63) is 53.1 Å². The Morgan fingerprint density at radius 1 is 1.12 bits per heavy atom. The number of amides is 1. The van der Waals surface area contributed by atoms with Crippen LogP contribution in [-0.4, -0.2) is 37.6 Å². The molecule has 8 nitrogen and oxygen atoms in total. The van der Waals surface area contributed by atoms with Gasteiger partial charge in [-0.2, -0.15) is 0 Å². The number of nitrogens with zero attached hydrogens (tertiary/aromatic N) is 1. The molecule has 132 valence electrons. The molecule has 25 heavy (non-hydrogen) atoms. The normalized spacial score (nSPS) is 11.1. The lowest BCUT2D eigenvalue weighted by molar-refractivity contribution is 0.0692. The van der Waals surface area contributed by atoms with E-state index < -0.39 is 38.1 Å². The van der Waals surface area contributed by atoms with Crippen LogP contribution in [0.25, 0.3) is 0 Å². The molecule has 0 spiro atoms. The molecule has 1 amide bonds. The summed E-state index contributed by atoms with van der Waals surface area (Å²) < 4.78 is 26.4. The van der Waals surface area contributed by atoms with Gasteiger partial charge >= 0.3 is 5.97 Å². The first-order valence-corrected chi connectivity index (χ1v) is 8.45. The van der Waals surface area contributed by atoms with Gasteiger partial charge in [0.25, 0.3) is 10.0 Å². The fourth-order valence-electron chi connectivity index (χ4n) is 2.23. The number of hydrogen-bond donors (Lipinski definition) is 3. The van der Waals surface area contributed by atoms with Crippen molar-refractivity contribution in [3.8, 4) is 5.75 Å². The number of primary amides is 1. The standard InChI is InChI=1S/C16H16N2O6S/c1-9-7-12(16(21)22)14(19)13(8-9)25(23,24)18(2)11-5-3-10(4-6-11)15(17)20/h3-8,19H,1-2H3,(H2,17,20)(H,21,22). The first-order valence-electron chi connectivity index (χ1n) is 7.01. The zero-order valence-corrected chi connectivity index (χ0v) is 14.2. The van der Waals surface area contributed by atoms with E-state index in [0.717, 1.165) is 4.31 Å². The van der Waals surface area contributed by atoms with Crippen molar-refractivity contribution in [3.63, 3.8) is 0 Å². The van der Waals surface area contributed by atoms with E-state index in [0.29, 0.717) is 5.56 Å². The van der Waals surface area contributed by atoms with Gasteiger partial charge in [-0.15, -0.1) is 0 Å². The van der Waals surface area contributed by atoms with Gasteiger partial charge in [-0.05, 0) is 48.9 Å². The van der Waals surface area contributed by atoms with E-state index in [1.165, 1.54) is 50.4 Å². The number of benzene rings is 2. The highest BCUT2D eigenvalue weighted by Crippen LogP contribution is 2.32. The van der Waals surface area contributed by atoms with Crippen molar-refractivity contribution >= 4 is 27.6 Å². The van der Waals surface area contributed by atoms with Crippen molar-refractivity contribution in [2.75, 3.05) is 11.4 Å². The molecule has 2 aromatic rings. The van der Waals surface area contributed by atoms with E-state index in [9.17, 15) is 23.1 Å². The van der Waals surface area contributed by atoms with Crippen LogP contribution in [0.2, 0.25) is 0 Å². The largest absolute Gasteiger partial charge is 0.506 e. The molecule has 0 aliphatic heterocycles. The maximum absolute atomic E-state index is 12.8. The summed E-state index contributed by atoms with van der Waals surface area (Å²) in [6, 6.07) is 7.85. The van der Waals surface area contributed by atoms with Crippen molar-refractivity contribution in [1.82, 2.24) is 0 Å². The van der Waals surface area contributed by atoms with E-state index in [4.69, 9.17) is 10.8 Å². The van der Waals surface area contributed by atoms with E-state index in [1.807, 2.05) is 0 Å². The second-order valence-electron chi connectivity index (χ2n) is 5.35. The molecule has 2 rings (SSSR count). The summed E-state index contributed by atoms with van der Waals surface area (Å²) in [5.41, 5.74) is 5.42. The van der Waals surface area contributed by atoms with Gasteiger partial charge in [0, 0.05) is 12.6 Å². The number of phenols is 1. The molecule has 0 saturated heterocycles. The average Bonchev–Trinajstić information content (AvgIpc) is 2.55. The topological polar surface area (TPSA) is 138 Å². The second kappa shape index (κ2) is 6.44. The Morgan fingerprint density at radius 3 is 2.16 bits per heavy atom.